The Morgan fingerprint density at radius 2 is 2.20 bits per heavy atom. The van der Waals surface area contributed by atoms with E-state index in [9.17, 15) is 8.42 Å². The molecule has 7 heteroatoms. The molecule has 0 saturated heterocycles. The minimum absolute atomic E-state index is 0.0950. The number of alkyl halides is 1. The lowest BCUT2D eigenvalue weighted by molar-refractivity contribution is 0.382. The van der Waals surface area contributed by atoms with Crippen LogP contribution >= 0.6 is 11.6 Å². The third-order valence-corrected chi connectivity index (χ3v) is 5.44. The second-order valence-corrected chi connectivity index (χ2v) is 6.40. The summed E-state index contributed by atoms with van der Waals surface area (Å²) in [6, 6.07) is 0. The third kappa shape index (κ3) is 1.56. The van der Waals surface area contributed by atoms with Gasteiger partial charge in [-0.3, -0.25) is 0 Å². The monoisotopic (exact) mass is 250 g/mol. The molecule has 0 spiro atoms. The van der Waals surface area contributed by atoms with Crippen molar-refractivity contribution in [2.75, 3.05) is 5.75 Å². The Hall–Kier alpha value is -0.620. The maximum absolute atomic E-state index is 11.8. The second-order valence-electron chi connectivity index (χ2n) is 3.54. The van der Waals surface area contributed by atoms with Crippen LogP contribution in [-0.4, -0.2) is 24.3 Å². The summed E-state index contributed by atoms with van der Waals surface area (Å²) in [5.41, 5.74) is 0. The zero-order chi connectivity index (χ0) is 11.1. The van der Waals surface area contributed by atoms with Gasteiger partial charge in [-0.25, -0.2) is 8.42 Å². The summed E-state index contributed by atoms with van der Waals surface area (Å²) in [6.07, 6.45) is 1.15. The summed E-state index contributed by atoms with van der Waals surface area (Å²) in [6.45, 7) is 1.62. The molecule has 0 bridgehead atoms. The number of halogens is 1. The lowest BCUT2D eigenvalue weighted by atomic mass is 10.4. The SMILES string of the molecule is CCS(=O)(=O)C1(c2noc(CCl)n2)CC1. The molecule has 1 aromatic heterocycles. The van der Waals surface area contributed by atoms with Gasteiger partial charge in [0, 0.05) is 5.75 Å². The molecular weight excluding hydrogens is 240 g/mol. The van der Waals surface area contributed by atoms with Gasteiger partial charge in [-0.05, 0) is 12.8 Å². The van der Waals surface area contributed by atoms with Crippen molar-refractivity contribution in [3.05, 3.63) is 11.7 Å². The highest BCUT2D eigenvalue weighted by molar-refractivity contribution is 7.92. The van der Waals surface area contributed by atoms with Crippen LogP contribution in [0.4, 0.5) is 0 Å². The van der Waals surface area contributed by atoms with Crippen molar-refractivity contribution in [2.24, 2.45) is 0 Å². The maximum atomic E-state index is 11.8. The molecule has 0 radical (unpaired) electrons. The highest BCUT2D eigenvalue weighted by atomic mass is 35.5. The van der Waals surface area contributed by atoms with Crippen LogP contribution in [0.1, 0.15) is 31.5 Å². The zero-order valence-electron chi connectivity index (χ0n) is 8.23. The molecule has 0 unspecified atom stereocenters. The van der Waals surface area contributed by atoms with Gasteiger partial charge >= 0.3 is 0 Å². The first-order valence-electron chi connectivity index (χ1n) is 4.67. The molecule has 1 fully saturated rings. The molecule has 1 heterocycles. The first-order valence-corrected chi connectivity index (χ1v) is 6.86. The molecule has 84 valence electrons. The van der Waals surface area contributed by atoms with Gasteiger partial charge in [0.15, 0.2) is 15.7 Å². The Kier molecular flexibility index (Phi) is 2.50. The predicted octanol–water partition coefficient (Wildman–Crippen LogP) is 1.23. The molecule has 1 aliphatic rings. The van der Waals surface area contributed by atoms with Crippen LogP contribution < -0.4 is 0 Å². The average molecular weight is 251 g/mol. The van der Waals surface area contributed by atoms with Crippen LogP contribution in [0.25, 0.3) is 0 Å². The smallest absolute Gasteiger partial charge is 0.241 e. The van der Waals surface area contributed by atoms with Gasteiger partial charge < -0.3 is 4.52 Å². The van der Waals surface area contributed by atoms with Crippen molar-refractivity contribution in [3.63, 3.8) is 0 Å². The van der Waals surface area contributed by atoms with Crippen LogP contribution in [-0.2, 0) is 20.5 Å². The molecule has 0 aromatic carbocycles. The Balaban J connectivity index is 2.39. The number of hydrogen-bond acceptors (Lipinski definition) is 5. The summed E-state index contributed by atoms with van der Waals surface area (Å²) in [5, 5.41) is 3.69. The van der Waals surface area contributed by atoms with E-state index in [1.54, 1.807) is 6.92 Å². The van der Waals surface area contributed by atoms with Gasteiger partial charge in [0.1, 0.15) is 10.6 Å². The predicted molar refractivity (Wildman–Crippen MR) is 54.2 cm³/mol. The first kappa shape index (κ1) is 10.9. The first-order chi connectivity index (χ1) is 7.05. The van der Waals surface area contributed by atoms with E-state index in [1.807, 2.05) is 0 Å². The van der Waals surface area contributed by atoms with Gasteiger partial charge in [0.25, 0.3) is 0 Å². The minimum Gasteiger partial charge on any atom is -0.338 e. The molecule has 0 atom stereocenters. The highest BCUT2D eigenvalue weighted by Gasteiger charge is 2.58. The van der Waals surface area contributed by atoms with E-state index in [2.05, 4.69) is 10.1 Å². The van der Waals surface area contributed by atoms with Crippen molar-refractivity contribution >= 4 is 21.4 Å². The molecule has 0 amide bonds. The molecule has 0 aliphatic heterocycles. The number of aromatic nitrogens is 2. The van der Waals surface area contributed by atoms with Crippen LogP contribution in [0.5, 0.6) is 0 Å². The molecule has 1 saturated carbocycles. The lowest BCUT2D eigenvalue weighted by Crippen LogP contribution is -2.24. The van der Waals surface area contributed by atoms with Gasteiger partial charge in [0.2, 0.25) is 5.89 Å². The molecule has 5 nitrogen and oxygen atoms in total. The normalized spacial score (nSPS) is 19.1. The van der Waals surface area contributed by atoms with Gasteiger partial charge in [0.05, 0.1) is 0 Å². The fraction of sp³-hybridized carbons (Fsp3) is 0.750. The van der Waals surface area contributed by atoms with Crippen molar-refractivity contribution < 1.29 is 12.9 Å². The van der Waals surface area contributed by atoms with E-state index in [1.165, 1.54) is 0 Å². The fourth-order valence-corrected chi connectivity index (χ4v) is 3.30. The topological polar surface area (TPSA) is 73.1 Å². The fourth-order valence-electron chi connectivity index (χ4n) is 1.56. The number of rotatable bonds is 4. The number of sulfone groups is 1. The summed E-state index contributed by atoms with van der Waals surface area (Å²) in [4.78, 5) is 3.99. The van der Waals surface area contributed by atoms with Crippen LogP contribution in [0.2, 0.25) is 0 Å². The molecule has 1 aromatic rings. The molecule has 2 rings (SSSR count). The largest absolute Gasteiger partial charge is 0.338 e. The summed E-state index contributed by atoms with van der Waals surface area (Å²) in [5.74, 6) is 0.733. The summed E-state index contributed by atoms with van der Waals surface area (Å²) in [7, 11) is -3.16. The molecular formula is C8H11ClN2O3S. The van der Waals surface area contributed by atoms with Crippen molar-refractivity contribution in [3.8, 4) is 0 Å². The van der Waals surface area contributed by atoms with Crippen LogP contribution in [0.3, 0.4) is 0 Å². The van der Waals surface area contributed by atoms with Crippen molar-refractivity contribution in [2.45, 2.75) is 30.4 Å². The maximum Gasteiger partial charge on any atom is 0.241 e. The van der Waals surface area contributed by atoms with E-state index in [4.69, 9.17) is 16.1 Å². The van der Waals surface area contributed by atoms with Crippen molar-refractivity contribution in [1.82, 2.24) is 10.1 Å². The third-order valence-electron chi connectivity index (χ3n) is 2.67. The van der Waals surface area contributed by atoms with Crippen LogP contribution in [0, 0.1) is 0 Å². The van der Waals surface area contributed by atoms with E-state index in [0.29, 0.717) is 12.8 Å². The van der Waals surface area contributed by atoms with E-state index >= 15 is 0 Å². The Morgan fingerprint density at radius 1 is 1.53 bits per heavy atom. The van der Waals surface area contributed by atoms with Gasteiger partial charge in [-0.15, -0.1) is 11.6 Å². The molecule has 15 heavy (non-hydrogen) atoms. The highest BCUT2D eigenvalue weighted by Crippen LogP contribution is 2.51. The van der Waals surface area contributed by atoms with E-state index in [-0.39, 0.29) is 23.3 Å². The van der Waals surface area contributed by atoms with Crippen molar-refractivity contribution in [1.29, 1.82) is 0 Å². The molecule has 0 N–H and O–H groups in total. The number of hydrogen-bond donors (Lipinski definition) is 0. The van der Waals surface area contributed by atoms with Crippen LogP contribution in [0.15, 0.2) is 4.52 Å². The zero-order valence-corrected chi connectivity index (χ0v) is 9.81. The Bertz CT molecular complexity index is 464. The quantitative estimate of drug-likeness (QED) is 0.752. The molecule has 1 aliphatic carbocycles. The van der Waals surface area contributed by atoms with Gasteiger partial charge in [-0.1, -0.05) is 12.1 Å². The minimum atomic E-state index is -3.16. The van der Waals surface area contributed by atoms with Gasteiger partial charge in [-0.2, -0.15) is 4.98 Å². The number of nitrogens with zero attached hydrogens (tertiary/aromatic N) is 2. The second kappa shape index (κ2) is 3.45. The van der Waals surface area contributed by atoms with E-state index in [0.717, 1.165) is 0 Å². The average Bonchev–Trinajstić information content (AvgIpc) is 2.92. The van der Waals surface area contributed by atoms with E-state index < -0.39 is 14.6 Å². The summed E-state index contributed by atoms with van der Waals surface area (Å²) < 4.78 is 27.6. The Morgan fingerprint density at radius 3 is 2.60 bits per heavy atom. The Labute approximate surface area is 92.7 Å². The lowest BCUT2D eigenvalue weighted by Gasteiger charge is -2.09. The standard InChI is InChI=1S/C8H11ClN2O3S/c1-2-15(12,13)8(3-4-8)7-10-6(5-9)14-11-7/h2-5H2,1H3. The summed E-state index contributed by atoms with van der Waals surface area (Å²) >= 11 is 5.51.